The van der Waals surface area contributed by atoms with Crippen molar-refractivity contribution in [3.8, 4) is 0 Å². The average molecular weight is 261 g/mol. The molecule has 2 fully saturated rings. The Balaban J connectivity index is 1.64. The first-order valence-corrected chi connectivity index (χ1v) is 7.76. The third-order valence-corrected chi connectivity index (χ3v) is 4.93. The summed E-state index contributed by atoms with van der Waals surface area (Å²) >= 11 is 0. The Morgan fingerprint density at radius 3 is 2.84 bits per heavy atom. The van der Waals surface area contributed by atoms with Crippen LogP contribution in [-0.4, -0.2) is 29.2 Å². The quantitative estimate of drug-likeness (QED) is 0.733. The van der Waals surface area contributed by atoms with E-state index in [1.165, 1.54) is 31.3 Å². The topological polar surface area (TPSA) is 37.4 Å². The number of rotatable bonds is 3. The van der Waals surface area contributed by atoms with Gasteiger partial charge in [0.15, 0.2) is 5.78 Å². The molecule has 3 rings (SSSR count). The molecular weight excluding hydrogens is 238 g/mol. The van der Waals surface area contributed by atoms with Crippen molar-refractivity contribution in [1.29, 1.82) is 0 Å². The van der Waals surface area contributed by atoms with Gasteiger partial charge in [-0.25, -0.2) is 0 Å². The smallest absolute Gasteiger partial charge is 0.223 e. The van der Waals surface area contributed by atoms with Crippen LogP contribution in [0.4, 0.5) is 0 Å². The Bertz CT molecular complexity index is 413. The van der Waals surface area contributed by atoms with E-state index in [0.29, 0.717) is 24.5 Å². The molecule has 1 saturated carbocycles. The monoisotopic (exact) mass is 261 g/mol. The lowest BCUT2D eigenvalue weighted by molar-refractivity contribution is -0.135. The molecular formula is C16H23NO2. The summed E-state index contributed by atoms with van der Waals surface area (Å²) in [7, 11) is 0. The fraction of sp³-hybridized carbons (Fsp3) is 0.750. The Morgan fingerprint density at radius 1 is 1.16 bits per heavy atom. The van der Waals surface area contributed by atoms with Crippen LogP contribution >= 0.6 is 0 Å². The van der Waals surface area contributed by atoms with E-state index in [-0.39, 0.29) is 11.9 Å². The number of nitrogens with zero attached hydrogens (tertiary/aromatic N) is 1. The van der Waals surface area contributed by atoms with Gasteiger partial charge in [0, 0.05) is 19.4 Å². The van der Waals surface area contributed by atoms with Crippen molar-refractivity contribution < 1.29 is 9.59 Å². The van der Waals surface area contributed by atoms with E-state index in [1.807, 2.05) is 4.90 Å². The molecule has 2 atom stereocenters. The number of carbonyl (C=O) groups excluding carboxylic acids is 2. The lowest BCUT2D eigenvalue weighted by Gasteiger charge is -2.30. The SMILES string of the molecule is O=C1CCC[C@@H]2CC(=O)N(CCC3=CCCCC3)[C@H]12. The van der Waals surface area contributed by atoms with E-state index >= 15 is 0 Å². The molecule has 0 bridgehead atoms. The molecule has 0 radical (unpaired) electrons. The normalized spacial score (nSPS) is 31.4. The van der Waals surface area contributed by atoms with Crippen LogP contribution in [0.25, 0.3) is 0 Å². The third-order valence-electron chi connectivity index (χ3n) is 4.93. The second-order valence-corrected chi connectivity index (χ2v) is 6.21. The van der Waals surface area contributed by atoms with Gasteiger partial charge < -0.3 is 4.90 Å². The van der Waals surface area contributed by atoms with Crippen molar-refractivity contribution in [3.63, 3.8) is 0 Å². The van der Waals surface area contributed by atoms with E-state index in [9.17, 15) is 9.59 Å². The molecule has 0 N–H and O–H groups in total. The number of hydrogen-bond donors (Lipinski definition) is 0. The average Bonchev–Trinajstić information content (AvgIpc) is 2.75. The molecule has 0 unspecified atom stereocenters. The summed E-state index contributed by atoms with van der Waals surface area (Å²) in [6.45, 7) is 0.761. The molecule has 3 nitrogen and oxygen atoms in total. The van der Waals surface area contributed by atoms with Crippen LogP contribution in [0.3, 0.4) is 0 Å². The zero-order chi connectivity index (χ0) is 13.2. The minimum absolute atomic E-state index is 0.0783. The maximum atomic E-state index is 12.1. The van der Waals surface area contributed by atoms with Crippen LogP contribution in [0.5, 0.6) is 0 Å². The standard InChI is InChI=1S/C16H23NO2/c18-14-8-4-7-13-11-15(19)17(16(13)14)10-9-12-5-2-1-3-6-12/h5,13,16H,1-4,6-11H2/t13-,16+/m1/s1. The van der Waals surface area contributed by atoms with Crippen molar-refractivity contribution >= 4 is 11.7 Å². The number of amides is 1. The van der Waals surface area contributed by atoms with Crippen molar-refractivity contribution in [1.82, 2.24) is 4.90 Å². The van der Waals surface area contributed by atoms with Crippen LogP contribution < -0.4 is 0 Å². The molecule has 19 heavy (non-hydrogen) atoms. The van der Waals surface area contributed by atoms with E-state index in [4.69, 9.17) is 0 Å². The highest BCUT2D eigenvalue weighted by Gasteiger charge is 2.44. The Labute approximate surface area is 115 Å². The molecule has 104 valence electrons. The van der Waals surface area contributed by atoms with Crippen LogP contribution in [0.1, 0.15) is 57.8 Å². The van der Waals surface area contributed by atoms with Crippen LogP contribution in [0.15, 0.2) is 11.6 Å². The van der Waals surface area contributed by atoms with Crippen LogP contribution in [0.2, 0.25) is 0 Å². The zero-order valence-electron chi connectivity index (χ0n) is 11.6. The van der Waals surface area contributed by atoms with Gasteiger partial charge in [0.05, 0.1) is 6.04 Å². The van der Waals surface area contributed by atoms with E-state index in [0.717, 1.165) is 25.8 Å². The van der Waals surface area contributed by atoms with Crippen molar-refractivity contribution in [2.45, 2.75) is 63.8 Å². The molecule has 0 aromatic rings. The fourth-order valence-corrected chi connectivity index (χ4v) is 3.91. The van der Waals surface area contributed by atoms with Crippen molar-refractivity contribution in [2.24, 2.45) is 5.92 Å². The van der Waals surface area contributed by atoms with E-state index in [2.05, 4.69) is 6.08 Å². The highest BCUT2D eigenvalue weighted by atomic mass is 16.2. The first-order chi connectivity index (χ1) is 9.25. The Morgan fingerprint density at radius 2 is 2.05 bits per heavy atom. The van der Waals surface area contributed by atoms with Crippen LogP contribution in [-0.2, 0) is 9.59 Å². The van der Waals surface area contributed by atoms with Gasteiger partial charge in [-0.05, 0) is 50.9 Å². The molecule has 1 saturated heterocycles. The molecule has 1 aliphatic heterocycles. The summed E-state index contributed by atoms with van der Waals surface area (Å²) in [6.07, 6.45) is 11.6. The molecule has 1 amide bonds. The van der Waals surface area contributed by atoms with Gasteiger partial charge in [0.2, 0.25) is 5.91 Å². The van der Waals surface area contributed by atoms with Crippen molar-refractivity contribution in [2.75, 3.05) is 6.54 Å². The first kappa shape index (κ1) is 12.9. The van der Waals surface area contributed by atoms with Gasteiger partial charge in [0.25, 0.3) is 0 Å². The molecule has 0 aromatic carbocycles. The molecule has 0 aromatic heterocycles. The Hall–Kier alpha value is -1.12. The number of allylic oxidation sites excluding steroid dienone is 1. The van der Waals surface area contributed by atoms with E-state index < -0.39 is 0 Å². The first-order valence-electron chi connectivity index (χ1n) is 7.76. The largest absolute Gasteiger partial charge is 0.332 e. The van der Waals surface area contributed by atoms with Gasteiger partial charge in [-0.15, -0.1) is 0 Å². The van der Waals surface area contributed by atoms with Crippen molar-refractivity contribution in [3.05, 3.63) is 11.6 Å². The summed E-state index contributed by atoms with van der Waals surface area (Å²) < 4.78 is 0. The number of hydrogen-bond acceptors (Lipinski definition) is 2. The molecule has 0 spiro atoms. The summed E-state index contributed by atoms with van der Waals surface area (Å²) in [5, 5.41) is 0. The fourth-order valence-electron chi connectivity index (χ4n) is 3.91. The van der Waals surface area contributed by atoms with Crippen LogP contribution in [0, 0.1) is 5.92 Å². The number of ketones is 1. The lowest BCUT2D eigenvalue weighted by atomic mass is 9.84. The van der Waals surface area contributed by atoms with Gasteiger partial charge >= 0.3 is 0 Å². The van der Waals surface area contributed by atoms with Gasteiger partial charge in [-0.3, -0.25) is 9.59 Å². The molecule has 3 heteroatoms. The highest BCUT2D eigenvalue weighted by Crippen LogP contribution is 2.35. The maximum Gasteiger partial charge on any atom is 0.223 e. The number of fused-ring (bicyclic) bond motifs is 1. The minimum atomic E-state index is -0.0783. The Kier molecular flexibility index (Phi) is 3.72. The molecule has 1 heterocycles. The predicted molar refractivity (Wildman–Crippen MR) is 73.6 cm³/mol. The van der Waals surface area contributed by atoms with Gasteiger partial charge in [-0.1, -0.05) is 11.6 Å². The molecule has 2 aliphatic carbocycles. The van der Waals surface area contributed by atoms with Gasteiger partial charge in [-0.2, -0.15) is 0 Å². The predicted octanol–water partition coefficient (Wildman–Crippen LogP) is 2.85. The minimum Gasteiger partial charge on any atom is -0.332 e. The lowest BCUT2D eigenvalue weighted by Crippen LogP contribution is -2.43. The number of carbonyl (C=O) groups is 2. The summed E-state index contributed by atoms with van der Waals surface area (Å²) in [4.78, 5) is 26.1. The summed E-state index contributed by atoms with van der Waals surface area (Å²) in [5.74, 6) is 0.829. The second-order valence-electron chi connectivity index (χ2n) is 6.21. The van der Waals surface area contributed by atoms with Gasteiger partial charge in [0.1, 0.15) is 0 Å². The highest BCUT2D eigenvalue weighted by molar-refractivity contribution is 5.93. The third kappa shape index (κ3) is 2.60. The second kappa shape index (κ2) is 5.48. The number of Topliss-reactive ketones (excluding diaryl/α,β-unsaturated/α-hetero) is 1. The zero-order valence-corrected chi connectivity index (χ0v) is 11.6. The summed E-state index contributed by atoms with van der Waals surface area (Å²) in [5.41, 5.74) is 1.49. The van der Waals surface area contributed by atoms with E-state index in [1.54, 1.807) is 0 Å². The summed E-state index contributed by atoms with van der Waals surface area (Å²) in [6, 6.07) is -0.0783. The number of likely N-dealkylation sites (tertiary alicyclic amines) is 1. The molecule has 3 aliphatic rings. The maximum absolute atomic E-state index is 12.1.